The molecule has 0 bridgehead atoms. The Morgan fingerprint density at radius 1 is 1.03 bits per heavy atom. The van der Waals surface area contributed by atoms with Crippen molar-refractivity contribution in [1.82, 2.24) is 14.9 Å². The summed E-state index contributed by atoms with van der Waals surface area (Å²) < 4.78 is 0. The molecule has 0 saturated carbocycles. The molecule has 0 N–H and O–H groups in total. The molecule has 11 heteroatoms. The molecular weight excluding hydrogens is 536 g/mol. The first-order valence-electron chi connectivity index (χ1n) is 12.4. The highest BCUT2D eigenvalue weighted by Crippen LogP contribution is 2.25. The van der Waals surface area contributed by atoms with Gasteiger partial charge >= 0.3 is 0 Å². The minimum Gasteiger partial charge on any atom is -0.368 e. The van der Waals surface area contributed by atoms with Crippen LogP contribution in [0, 0.1) is 10.1 Å². The number of nitro groups is 1. The zero-order chi connectivity index (χ0) is 27.8. The quantitative estimate of drug-likeness (QED) is 0.0755. The number of benzene rings is 2. The van der Waals surface area contributed by atoms with Gasteiger partial charge in [-0.1, -0.05) is 47.6 Å². The number of anilines is 2. The van der Waals surface area contributed by atoms with Crippen molar-refractivity contribution < 1.29 is 9.72 Å². The number of carbonyl (C=O) groups is 1. The van der Waals surface area contributed by atoms with E-state index in [4.69, 9.17) is 11.6 Å². The fourth-order valence-corrected chi connectivity index (χ4v) is 5.25. The molecule has 1 saturated heterocycles. The van der Waals surface area contributed by atoms with Gasteiger partial charge in [0.15, 0.2) is 5.16 Å². The predicted molar refractivity (Wildman–Crippen MR) is 157 cm³/mol. The Morgan fingerprint density at radius 2 is 1.67 bits per heavy atom. The van der Waals surface area contributed by atoms with E-state index >= 15 is 0 Å². The van der Waals surface area contributed by atoms with Crippen LogP contribution in [0.2, 0.25) is 5.15 Å². The van der Waals surface area contributed by atoms with Crippen LogP contribution in [0.4, 0.5) is 17.2 Å². The molecule has 0 radical (unpaired) electrons. The van der Waals surface area contributed by atoms with Gasteiger partial charge in [0, 0.05) is 74.5 Å². The van der Waals surface area contributed by atoms with Gasteiger partial charge in [0.2, 0.25) is 0 Å². The van der Waals surface area contributed by atoms with Gasteiger partial charge in [-0.05, 0) is 29.8 Å². The van der Waals surface area contributed by atoms with Crippen molar-refractivity contribution in [3.63, 3.8) is 0 Å². The van der Waals surface area contributed by atoms with Gasteiger partial charge in [0.05, 0.1) is 4.92 Å². The molecule has 2 aromatic carbocycles. The Labute approximate surface area is 236 Å². The van der Waals surface area contributed by atoms with Crippen molar-refractivity contribution in [3.05, 3.63) is 106 Å². The van der Waals surface area contributed by atoms with Gasteiger partial charge in [-0.2, -0.15) is 0 Å². The number of thioether (sulfide) groups is 1. The molecule has 0 atom stereocenters. The van der Waals surface area contributed by atoms with Crippen LogP contribution >= 0.6 is 23.4 Å². The Hall–Kier alpha value is -3.89. The lowest BCUT2D eigenvalue weighted by Gasteiger charge is -2.36. The van der Waals surface area contributed by atoms with E-state index in [-0.39, 0.29) is 11.6 Å². The first-order chi connectivity index (χ1) is 18.9. The summed E-state index contributed by atoms with van der Waals surface area (Å²) in [6.45, 7) is 11.3. The number of piperazine rings is 1. The second-order valence-corrected chi connectivity index (χ2v) is 10.2. The van der Waals surface area contributed by atoms with Gasteiger partial charge in [0.1, 0.15) is 11.0 Å². The summed E-state index contributed by atoms with van der Waals surface area (Å²) in [6.07, 6.45) is 3.60. The lowest BCUT2D eigenvalue weighted by atomic mass is 10.1. The SMILES string of the molecule is C=CCN(CC=C)c1cc(Cl)nc(SCc2ccc(C(=O)N3CCN(c4ccc([N+](=O)[O-])cc4)CC3)cc2)n1. The fraction of sp³-hybridized carbons (Fsp3) is 0.250. The Bertz CT molecular complexity index is 1320. The maximum absolute atomic E-state index is 13.1. The van der Waals surface area contributed by atoms with Crippen molar-refractivity contribution in [2.45, 2.75) is 10.9 Å². The van der Waals surface area contributed by atoms with Gasteiger partial charge in [0.25, 0.3) is 11.6 Å². The number of amides is 1. The number of carbonyl (C=O) groups excluding carboxylic acids is 1. The fourth-order valence-electron chi connectivity index (χ4n) is 4.21. The second-order valence-electron chi connectivity index (χ2n) is 8.85. The molecule has 0 spiro atoms. The van der Waals surface area contributed by atoms with Gasteiger partial charge in [-0.15, -0.1) is 13.2 Å². The maximum Gasteiger partial charge on any atom is 0.269 e. The predicted octanol–water partition coefficient (Wildman–Crippen LogP) is 5.47. The summed E-state index contributed by atoms with van der Waals surface area (Å²) in [4.78, 5) is 38.5. The third-order valence-electron chi connectivity index (χ3n) is 6.25. The van der Waals surface area contributed by atoms with Crippen molar-refractivity contribution in [2.75, 3.05) is 49.1 Å². The molecule has 1 aromatic heterocycles. The van der Waals surface area contributed by atoms with Crippen LogP contribution in [0.5, 0.6) is 0 Å². The molecular formula is C28H29ClN6O3S. The van der Waals surface area contributed by atoms with Gasteiger partial charge < -0.3 is 14.7 Å². The minimum atomic E-state index is -0.408. The topological polar surface area (TPSA) is 95.7 Å². The lowest BCUT2D eigenvalue weighted by Crippen LogP contribution is -2.48. The molecule has 1 fully saturated rings. The summed E-state index contributed by atoms with van der Waals surface area (Å²) in [5, 5.41) is 11.8. The number of aromatic nitrogens is 2. The summed E-state index contributed by atoms with van der Waals surface area (Å²) in [5.41, 5.74) is 2.66. The number of nitrogens with zero attached hydrogens (tertiary/aromatic N) is 6. The maximum atomic E-state index is 13.1. The third-order valence-corrected chi connectivity index (χ3v) is 7.36. The summed E-state index contributed by atoms with van der Waals surface area (Å²) >= 11 is 7.73. The standard InChI is InChI=1S/C28H29ClN6O3S/c1-3-13-33(14-4-2)26-19-25(29)30-28(31-26)39-20-21-5-7-22(8-6-21)27(36)34-17-15-32(16-18-34)23-9-11-24(12-10-23)35(37)38/h3-12,19H,1-2,13-18,20H2. The molecule has 9 nitrogen and oxygen atoms in total. The minimum absolute atomic E-state index is 0.00935. The molecule has 4 rings (SSSR count). The van der Waals surface area contributed by atoms with E-state index in [2.05, 4.69) is 28.0 Å². The van der Waals surface area contributed by atoms with Crippen LogP contribution in [0.3, 0.4) is 0 Å². The van der Waals surface area contributed by atoms with Crippen molar-refractivity contribution in [3.8, 4) is 0 Å². The number of hydrogen-bond acceptors (Lipinski definition) is 8. The van der Waals surface area contributed by atoms with Crippen LogP contribution in [-0.2, 0) is 5.75 Å². The van der Waals surface area contributed by atoms with Crippen LogP contribution in [0.1, 0.15) is 15.9 Å². The number of nitro benzene ring substituents is 1. The average molecular weight is 565 g/mol. The Kier molecular flexibility index (Phi) is 9.56. The summed E-state index contributed by atoms with van der Waals surface area (Å²) in [5.74, 6) is 1.34. The average Bonchev–Trinajstić information content (AvgIpc) is 2.96. The first kappa shape index (κ1) is 28.1. The molecule has 202 valence electrons. The molecule has 2 heterocycles. The van der Waals surface area contributed by atoms with Crippen molar-refractivity contribution in [1.29, 1.82) is 0 Å². The van der Waals surface area contributed by atoms with E-state index in [1.54, 1.807) is 30.4 Å². The van der Waals surface area contributed by atoms with E-state index in [0.717, 1.165) is 11.3 Å². The zero-order valence-electron chi connectivity index (χ0n) is 21.4. The zero-order valence-corrected chi connectivity index (χ0v) is 23.0. The Balaban J connectivity index is 1.32. The summed E-state index contributed by atoms with van der Waals surface area (Å²) in [6, 6.07) is 15.8. The van der Waals surface area contributed by atoms with E-state index in [0.29, 0.717) is 66.7 Å². The smallest absolute Gasteiger partial charge is 0.269 e. The molecule has 1 aliphatic rings. The number of halogens is 1. The first-order valence-corrected chi connectivity index (χ1v) is 13.8. The van der Waals surface area contributed by atoms with Crippen LogP contribution in [0.15, 0.2) is 85.1 Å². The van der Waals surface area contributed by atoms with Gasteiger partial charge in [-0.25, -0.2) is 9.97 Å². The van der Waals surface area contributed by atoms with Crippen LogP contribution < -0.4 is 9.80 Å². The molecule has 3 aromatic rings. The normalized spacial score (nSPS) is 13.2. The molecule has 1 amide bonds. The number of non-ortho nitro benzene ring substituents is 1. The highest BCUT2D eigenvalue weighted by Gasteiger charge is 2.23. The third kappa shape index (κ3) is 7.36. The van der Waals surface area contributed by atoms with Crippen molar-refractivity contribution in [2.24, 2.45) is 0 Å². The molecule has 1 aliphatic heterocycles. The van der Waals surface area contributed by atoms with E-state index in [1.165, 1.54) is 23.9 Å². The highest BCUT2D eigenvalue weighted by molar-refractivity contribution is 7.98. The molecule has 39 heavy (non-hydrogen) atoms. The van der Waals surface area contributed by atoms with Crippen LogP contribution in [-0.4, -0.2) is 65.0 Å². The summed E-state index contributed by atoms with van der Waals surface area (Å²) in [7, 11) is 0. The second kappa shape index (κ2) is 13.3. The van der Waals surface area contributed by atoms with E-state index < -0.39 is 4.92 Å². The van der Waals surface area contributed by atoms with Crippen molar-refractivity contribution >= 4 is 46.5 Å². The van der Waals surface area contributed by atoms with Gasteiger partial charge in [-0.3, -0.25) is 14.9 Å². The number of rotatable bonds is 11. The molecule has 0 unspecified atom stereocenters. The van der Waals surface area contributed by atoms with E-state index in [1.807, 2.05) is 34.1 Å². The molecule has 0 aliphatic carbocycles. The highest BCUT2D eigenvalue weighted by atomic mass is 35.5. The number of hydrogen-bond donors (Lipinski definition) is 0. The Morgan fingerprint density at radius 3 is 2.26 bits per heavy atom. The monoisotopic (exact) mass is 564 g/mol. The van der Waals surface area contributed by atoms with E-state index in [9.17, 15) is 14.9 Å². The van der Waals surface area contributed by atoms with Crippen LogP contribution in [0.25, 0.3) is 0 Å². The lowest BCUT2D eigenvalue weighted by molar-refractivity contribution is -0.384. The largest absolute Gasteiger partial charge is 0.368 e.